The molecule has 3 aromatic rings. The average Bonchev–Trinajstić information content (AvgIpc) is 3.14. The lowest BCUT2D eigenvalue weighted by Gasteiger charge is -2.25. The van der Waals surface area contributed by atoms with Crippen LogP contribution in [0.4, 0.5) is 5.69 Å². The van der Waals surface area contributed by atoms with E-state index in [9.17, 15) is 14.7 Å². The number of hydrogen-bond acceptors (Lipinski definition) is 6. The summed E-state index contributed by atoms with van der Waals surface area (Å²) >= 11 is 0. The molecule has 0 spiro atoms. The van der Waals surface area contributed by atoms with Crippen molar-refractivity contribution in [2.24, 2.45) is 0 Å². The van der Waals surface area contributed by atoms with E-state index in [0.29, 0.717) is 35.1 Å². The molecule has 7 nitrogen and oxygen atoms in total. The minimum Gasteiger partial charge on any atom is -0.507 e. The van der Waals surface area contributed by atoms with E-state index < -0.39 is 17.7 Å². The quantitative estimate of drug-likeness (QED) is 0.312. The minimum absolute atomic E-state index is 0.0264. The largest absolute Gasteiger partial charge is 0.507 e. The molecule has 0 radical (unpaired) electrons. The molecule has 1 saturated heterocycles. The second-order valence-electron chi connectivity index (χ2n) is 7.57. The minimum atomic E-state index is -0.843. The van der Waals surface area contributed by atoms with Crippen molar-refractivity contribution in [1.29, 1.82) is 0 Å². The molecule has 1 heterocycles. The predicted octanol–water partition coefficient (Wildman–Crippen LogP) is 4.73. The normalized spacial score (nSPS) is 17.0. The third-order valence-corrected chi connectivity index (χ3v) is 5.65. The number of amides is 1. The van der Waals surface area contributed by atoms with E-state index in [4.69, 9.17) is 14.2 Å². The van der Waals surface area contributed by atoms with Crippen LogP contribution in [0.25, 0.3) is 5.76 Å². The van der Waals surface area contributed by atoms with Gasteiger partial charge in [0, 0.05) is 11.8 Å². The van der Waals surface area contributed by atoms with Gasteiger partial charge >= 0.3 is 0 Å². The van der Waals surface area contributed by atoms with Crippen molar-refractivity contribution in [2.75, 3.05) is 25.7 Å². The smallest absolute Gasteiger partial charge is 0.300 e. The number of rotatable bonds is 7. The molecule has 34 heavy (non-hydrogen) atoms. The van der Waals surface area contributed by atoms with Gasteiger partial charge in [-0.2, -0.15) is 0 Å². The number of methoxy groups -OCH3 is 2. The van der Waals surface area contributed by atoms with Crippen LogP contribution in [-0.2, 0) is 9.59 Å². The highest BCUT2D eigenvalue weighted by molar-refractivity contribution is 6.51. The van der Waals surface area contributed by atoms with Crippen molar-refractivity contribution in [1.82, 2.24) is 0 Å². The molecular weight excluding hydrogens is 434 g/mol. The van der Waals surface area contributed by atoms with Gasteiger partial charge in [0.1, 0.15) is 23.0 Å². The molecule has 1 fully saturated rings. The fraction of sp³-hybridized carbons (Fsp3) is 0.185. The molecule has 1 aliphatic heterocycles. The second-order valence-corrected chi connectivity index (χ2v) is 7.57. The summed E-state index contributed by atoms with van der Waals surface area (Å²) in [6, 6.07) is 20.0. The number of para-hydroxylation sites is 1. The maximum atomic E-state index is 13.3. The third kappa shape index (κ3) is 4.08. The van der Waals surface area contributed by atoms with Gasteiger partial charge in [0.25, 0.3) is 11.7 Å². The zero-order chi connectivity index (χ0) is 24.2. The first-order valence-corrected chi connectivity index (χ1v) is 10.8. The first kappa shape index (κ1) is 22.9. The summed E-state index contributed by atoms with van der Waals surface area (Å²) in [6.07, 6.45) is 0. The van der Waals surface area contributed by atoms with Crippen molar-refractivity contribution in [3.05, 3.63) is 89.5 Å². The van der Waals surface area contributed by atoms with E-state index in [0.717, 1.165) is 0 Å². The molecule has 1 amide bonds. The van der Waals surface area contributed by atoms with Crippen molar-refractivity contribution in [3.8, 4) is 17.2 Å². The summed E-state index contributed by atoms with van der Waals surface area (Å²) < 4.78 is 16.2. The molecule has 0 aromatic heterocycles. The van der Waals surface area contributed by atoms with Crippen molar-refractivity contribution in [2.45, 2.75) is 13.0 Å². The van der Waals surface area contributed by atoms with Gasteiger partial charge in [0.05, 0.1) is 38.0 Å². The summed E-state index contributed by atoms with van der Waals surface area (Å²) in [7, 11) is 2.98. The summed E-state index contributed by atoms with van der Waals surface area (Å²) in [6.45, 7) is 2.40. The van der Waals surface area contributed by atoms with Crippen molar-refractivity contribution >= 4 is 23.1 Å². The van der Waals surface area contributed by atoms with Gasteiger partial charge in [0.2, 0.25) is 0 Å². The Bertz CT molecular complexity index is 1230. The molecule has 7 heteroatoms. The van der Waals surface area contributed by atoms with Gasteiger partial charge in [-0.05, 0) is 48.9 Å². The van der Waals surface area contributed by atoms with Crippen LogP contribution in [0.15, 0.2) is 78.4 Å². The Balaban J connectivity index is 1.92. The van der Waals surface area contributed by atoms with Gasteiger partial charge < -0.3 is 19.3 Å². The molecule has 1 unspecified atom stereocenters. The van der Waals surface area contributed by atoms with Crippen molar-refractivity contribution in [3.63, 3.8) is 0 Å². The maximum Gasteiger partial charge on any atom is 0.300 e. The molecule has 1 N–H and O–H groups in total. The Morgan fingerprint density at radius 1 is 0.912 bits per heavy atom. The van der Waals surface area contributed by atoms with Crippen LogP contribution >= 0.6 is 0 Å². The van der Waals surface area contributed by atoms with E-state index in [-0.39, 0.29) is 16.9 Å². The summed E-state index contributed by atoms with van der Waals surface area (Å²) in [4.78, 5) is 27.9. The molecule has 1 aliphatic rings. The number of ether oxygens (including phenoxy) is 3. The second kappa shape index (κ2) is 9.70. The van der Waals surface area contributed by atoms with E-state index in [1.807, 2.05) is 13.0 Å². The Labute approximate surface area is 197 Å². The van der Waals surface area contributed by atoms with Gasteiger partial charge in [-0.3, -0.25) is 14.5 Å². The standard InChI is InChI=1S/C27H25NO6/c1-4-34-19-12-10-17(11-13-19)24-23(25(29)21-15-14-20(32-2)16-22(21)33-3)26(30)27(31)28(24)18-8-6-5-7-9-18/h5-16,24,29H,4H2,1-3H3/b25-23-. The number of ketones is 1. The SMILES string of the molecule is CCOc1ccc(C2/C(=C(/O)c3ccc(OC)cc3OC)C(=O)C(=O)N2c2ccccc2)cc1. The number of aliphatic hydroxyl groups excluding tert-OH is 1. The van der Waals surface area contributed by atoms with Crippen LogP contribution in [0.1, 0.15) is 24.1 Å². The van der Waals surface area contributed by atoms with E-state index in [1.54, 1.807) is 66.7 Å². The molecular formula is C27H25NO6. The number of carbonyl (C=O) groups excluding carboxylic acids is 2. The molecule has 0 saturated carbocycles. The van der Waals surface area contributed by atoms with Crippen LogP contribution in [0.3, 0.4) is 0 Å². The van der Waals surface area contributed by atoms with Gasteiger partial charge in [-0.1, -0.05) is 30.3 Å². The van der Waals surface area contributed by atoms with Crippen LogP contribution in [0.2, 0.25) is 0 Å². The van der Waals surface area contributed by atoms with Crippen LogP contribution in [0.5, 0.6) is 17.2 Å². The number of hydrogen-bond donors (Lipinski definition) is 1. The van der Waals surface area contributed by atoms with Crippen molar-refractivity contribution < 1.29 is 28.9 Å². The number of aliphatic hydroxyl groups is 1. The van der Waals surface area contributed by atoms with Crippen LogP contribution < -0.4 is 19.1 Å². The average molecular weight is 459 g/mol. The highest BCUT2D eigenvalue weighted by Gasteiger charge is 2.47. The highest BCUT2D eigenvalue weighted by atomic mass is 16.5. The third-order valence-electron chi connectivity index (χ3n) is 5.65. The van der Waals surface area contributed by atoms with Gasteiger partial charge in [-0.15, -0.1) is 0 Å². The lowest BCUT2D eigenvalue weighted by Crippen LogP contribution is -2.29. The summed E-state index contributed by atoms with van der Waals surface area (Å²) in [5, 5.41) is 11.4. The Hall–Kier alpha value is -4.26. The molecule has 1 atom stereocenters. The first-order chi connectivity index (χ1) is 16.5. The van der Waals surface area contributed by atoms with Gasteiger partial charge in [0.15, 0.2) is 0 Å². The van der Waals surface area contributed by atoms with Crippen LogP contribution in [0, 0.1) is 0 Å². The van der Waals surface area contributed by atoms with Gasteiger partial charge in [-0.25, -0.2) is 0 Å². The Kier molecular flexibility index (Phi) is 6.54. The lowest BCUT2D eigenvalue weighted by atomic mass is 9.94. The van der Waals surface area contributed by atoms with Crippen LogP contribution in [-0.4, -0.2) is 37.6 Å². The topological polar surface area (TPSA) is 85.3 Å². The predicted molar refractivity (Wildman–Crippen MR) is 128 cm³/mol. The first-order valence-electron chi connectivity index (χ1n) is 10.8. The molecule has 3 aromatic carbocycles. The molecule has 0 bridgehead atoms. The van der Waals surface area contributed by atoms with E-state index >= 15 is 0 Å². The zero-order valence-electron chi connectivity index (χ0n) is 19.1. The highest BCUT2D eigenvalue weighted by Crippen LogP contribution is 2.43. The number of benzene rings is 3. The van der Waals surface area contributed by atoms with E-state index in [2.05, 4.69) is 0 Å². The Morgan fingerprint density at radius 2 is 1.59 bits per heavy atom. The molecule has 4 rings (SSSR count). The Morgan fingerprint density at radius 3 is 2.21 bits per heavy atom. The molecule has 174 valence electrons. The lowest BCUT2D eigenvalue weighted by molar-refractivity contribution is -0.132. The summed E-state index contributed by atoms with van der Waals surface area (Å²) in [5.41, 5.74) is 1.46. The monoisotopic (exact) mass is 459 g/mol. The fourth-order valence-corrected chi connectivity index (χ4v) is 4.06. The number of anilines is 1. The number of Topliss-reactive ketones (excluding diaryl/α,β-unsaturated/α-hetero) is 1. The summed E-state index contributed by atoms with van der Waals surface area (Å²) in [5.74, 6) is -0.318. The van der Waals surface area contributed by atoms with E-state index in [1.165, 1.54) is 19.1 Å². The number of carbonyl (C=O) groups is 2. The fourth-order valence-electron chi connectivity index (χ4n) is 4.06. The zero-order valence-corrected chi connectivity index (χ0v) is 19.1. The number of nitrogens with zero attached hydrogens (tertiary/aromatic N) is 1. The maximum absolute atomic E-state index is 13.3. The molecule has 0 aliphatic carbocycles.